The number of ether oxygens (including phenoxy) is 3. The maximum Gasteiger partial charge on any atom is 0.334 e. The zero-order chi connectivity index (χ0) is 21.2. The van der Waals surface area contributed by atoms with Gasteiger partial charge in [-0.2, -0.15) is 0 Å². The molecule has 0 saturated carbocycles. The third-order valence-electron chi connectivity index (χ3n) is 5.08. The predicted molar refractivity (Wildman–Crippen MR) is 106 cm³/mol. The first-order valence-electron chi connectivity index (χ1n) is 9.30. The average molecular weight is 420 g/mol. The van der Waals surface area contributed by atoms with E-state index < -0.39 is 29.0 Å². The van der Waals surface area contributed by atoms with Crippen molar-refractivity contribution in [1.29, 1.82) is 0 Å². The number of nitrogens with one attached hydrogen (secondary N) is 1. The van der Waals surface area contributed by atoms with Crippen molar-refractivity contribution < 1.29 is 28.6 Å². The topological polar surface area (TPSA) is 90.9 Å². The van der Waals surface area contributed by atoms with E-state index in [0.29, 0.717) is 22.0 Å². The molecule has 2 atom stereocenters. The summed E-state index contributed by atoms with van der Waals surface area (Å²) in [7, 11) is 1.45. The van der Waals surface area contributed by atoms with Gasteiger partial charge in [-0.15, -0.1) is 0 Å². The molecule has 0 radical (unpaired) electrons. The summed E-state index contributed by atoms with van der Waals surface area (Å²) in [5, 5.41) is 3.16. The van der Waals surface area contributed by atoms with Crippen molar-refractivity contribution in [2.75, 3.05) is 25.6 Å². The SMILES string of the molecule is CCOC(=O)/C=C(\OCC)[C@@H]1CC(OC)=CC(=O)[C@]12C(=O)Nc1ccc(Cl)cc12. The molecule has 1 spiro atoms. The second-order valence-electron chi connectivity index (χ2n) is 6.62. The van der Waals surface area contributed by atoms with Crippen LogP contribution in [0.1, 0.15) is 25.8 Å². The molecule has 1 aromatic carbocycles. The Hall–Kier alpha value is -2.80. The first-order valence-corrected chi connectivity index (χ1v) is 9.67. The second kappa shape index (κ2) is 8.29. The van der Waals surface area contributed by atoms with Gasteiger partial charge in [-0.05, 0) is 32.0 Å². The van der Waals surface area contributed by atoms with Gasteiger partial charge in [-0.3, -0.25) is 9.59 Å². The van der Waals surface area contributed by atoms with Crippen LogP contribution in [0.2, 0.25) is 5.02 Å². The number of benzene rings is 1. The van der Waals surface area contributed by atoms with Crippen LogP contribution in [0.25, 0.3) is 0 Å². The molecule has 0 unspecified atom stereocenters. The van der Waals surface area contributed by atoms with Crippen LogP contribution in [-0.2, 0) is 34.0 Å². The molecule has 1 aromatic rings. The van der Waals surface area contributed by atoms with Crippen LogP contribution in [0.3, 0.4) is 0 Å². The van der Waals surface area contributed by atoms with Crippen LogP contribution in [0.4, 0.5) is 5.69 Å². The monoisotopic (exact) mass is 419 g/mol. The number of allylic oxidation sites excluding steroid dienone is 3. The summed E-state index contributed by atoms with van der Waals surface area (Å²) < 4.78 is 16.0. The van der Waals surface area contributed by atoms with Gasteiger partial charge in [-0.1, -0.05) is 11.6 Å². The molecule has 1 amide bonds. The molecule has 1 aliphatic heterocycles. The van der Waals surface area contributed by atoms with Gasteiger partial charge in [0.05, 0.1) is 32.2 Å². The Labute approximate surface area is 173 Å². The van der Waals surface area contributed by atoms with Crippen molar-refractivity contribution in [3.8, 4) is 0 Å². The Morgan fingerprint density at radius 3 is 2.66 bits per heavy atom. The number of hydrogen-bond acceptors (Lipinski definition) is 6. The molecule has 29 heavy (non-hydrogen) atoms. The summed E-state index contributed by atoms with van der Waals surface area (Å²) in [5.41, 5.74) is -0.666. The molecule has 0 bridgehead atoms. The Morgan fingerprint density at radius 2 is 2.00 bits per heavy atom. The molecule has 7 nitrogen and oxygen atoms in total. The van der Waals surface area contributed by atoms with Crippen molar-refractivity contribution in [2.24, 2.45) is 5.92 Å². The summed E-state index contributed by atoms with van der Waals surface area (Å²) in [5.74, 6) is -1.80. The van der Waals surface area contributed by atoms with Gasteiger partial charge < -0.3 is 19.5 Å². The standard InChI is InChI=1S/C21H22ClNO6/c1-4-28-17(11-19(25)29-5-2)15-9-13(27-3)10-18(24)21(15)14-8-12(22)6-7-16(14)23-20(21)26/h6-8,10-11,15H,4-5,9H2,1-3H3,(H,23,26)/b17-11-/t15-,21+/m0/s1. The number of halogens is 1. The molecule has 0 aromatic heterocycles. The minimum Gasteiger partial charge on any atom is -0.501 e. The van der Waals surface area contributed by atoms with Crippen molar-refractivity contribution in [3.05, 3.63) is 52.5 Å². The first-order chi connectivity index (χ1) is 13.9. The van der Waals surface area contributed by atoms with Gasteiger partial charge in [0.25, 0.3) is 0 Å². The zero-order valence-corrected chi connectivity index (χ0v) is 17.2. The Morgan fingerprint density at radius 1 is 1.28 bits per heavy atom. The molecule has 8 heteroatoms. The lowest BCUT2D eigenvalue weighted by molar-refractivity contribution is -0.138. The van der Waals surface area contributed by atoms with E-state index in [9.17, 15) is 14.4 Å². The lowest BCUT2D eigenvalue weighted by atomic mass is 9.63. The Bertz CT molecular complexity index is 922. The Balaban J connectivity index is 2.24. The lowest BCUT2D eigenvalue weighted by Crippen LogP contribution is -2.51. The largest absolute Gasteiger partial charge is 0.501 e. The van der Waals surface area contributed by atoms with Crippen molar-refractivity contribution in [3.63, 3.8) is 0 Å². The molecular formula is C21H22ClNO6. The van der Waals surface area contributed by atoms with Gasteiger partial charge in [-0.25, -0.2) is 4.79 Å². The molecule has 1 aliphatic carbocycles. The van der Waals surface area contributed by atoms with Crippen molar-refractivity contribution in [1.82, 2.24) is 0 Å². The molecular weight excluding hydrogens is 398 g/mol. The number of anilines is 1. The van der Waals surface area contributed by atoms with Crippen LogP contribution in [-0.4, -0.2) is 38.0 Å². The van der Waals surface area contributed by atoms with Crippen LogP contribution < -0.4 is 5.32 Å². The van der Waals surface area contributed by atoms with Gasteiger partial charge in [0.1, 0.15) is 11.2 Å². The fourth-order valence-corrected chi connectivity index (χ4v) is 4.07. The van der Waals surface area contributed by atoms with Crippen LogP contribution in [0.5, 0.6) is 0 Å². The highest BCUT2D eigenvalue weighted by molar-refractivity contribution is 6.32. The average Bonchev–Trinajstić information content (AvgIpc) is 2.96. The van der Waals surface area contributed by atoms with E-state index in [2.05, 4.69) is 5.32 Å². The minimum absolute atomic E-state index is 0.185. The number of amides is 1. The maximum absolute atomic E-state index is 13.3. The number of methoxy groups -OCH3 is 1. The highest BCUT2D eigenvalue weighted by atomic mass is 35.5. The van der Waals surface area contributed by atoms with E-state index in [-0.39, 0.29) is 25.4 Å². The molecule has 0 saturated heterocycles. The third-order valence-corrected chi connectivity index (χ3v) is 5.32. The van der Waals surface area contributed by atoms with Crippen molar-refractivity contribution >= 4 is 34.9 Å². The lowest BCUT2D eigenvalue weighted by Gasteiger charge is -2.38. The number of ketones is 1. The van der Waals surface area contributed by atoms with Gasteiger partial charge in [0, 0.05) is 34.7 Å². The number of fused-ring (bicyclic) bond motifs is 2. The zero-order valence-electron chi connectivity index (χ0n) is 16.4. The summed E-state index contributed by atoms with van der Waals surface area (Å²) in [6.07, 6.45) is 2.70. The minimum atomic E-state index is -1.62. The summed E-state index contributed by atoms with van der Waals surface area (Å²) in [6, 6.07) is 4.88. The van der Waals surface area contributed by atoms with E-state index in [1.807, 2.05) is 0 Å². The molecule has 1 heterocycles. The fraction of sp³-hybridized carbons (Fsp3) is 0.381. The first kappa shape index (κ1) is 20.9. The number of carbonyl (C=O) groups excluding carboxylic acids is 3. The van der Waals surface area contributed by atoms with Crippen LogP contribution >= 0.6 is 11.6 Å². The molecule has 3 rings (SSSR count). The Kier molecular flexibility index (Phi) is 5.98. The molecule has 154 valence electrons. The smallest absolute Gasteiger partial charge is 0.334 e. The summed E-state index contributed by atoms with van der Waals surface area (Å²) >= 11 is 6.18. The second-order valence-corrected chi connectivity index (χ2v) is 7.06. The van der Waals surface area contributed by atoms with E-state index in [1.165, 1.54) is 19.3 Å². The van der Waals surface area contributed by atoms with E-state index in [1.54, 1.807) is 32.0 Å². The number of hydrogen-bond donors (Lipinski definition) is 1. The van der Waals surface area contributed by atoms with E-state index in [4.69, 9.17) is 25.8 Å². The van der Waals surface area contributed by atoms with Crippen molar-refractivity contribution in [2.45, 2.75) is 25.7 Å². The number of esters is 1. The highest BCUT2D eigenvalue weighted by Crippen LogP contribution is 2.51. The summed E-state index contributed by atoms with van der Waals surface area (Å²) in [4.78, 5) is 38.7. The van der Waals surface area contributed by atoms with E-state index >= 15 is 0 Å². The quantitative estimate of drug-likeness (QED) is 0.329. The maximum atomic E-state index is 13.3. The predicted octanol–water partition coefficient (Wildman–Crippen LogP) is 3.13. The summed E-state index contributed by atoms with van der Waals surface area (Å²) in [6.45, 7) is 3.86. The van der Waals surface area contributed by atoms with Gasteiger partial charge in [0.2, 0.25) is 5.91 Å². The highest BCUT2D eigenvalue weighted by Gasteiger charge is 2.60. The van der Waals surface area contributed by atoms with Crippen LogP contribution in [0, 0.1) is 5.92 Å². The van der Waals surface area contributed by atoms with E-state index in [0.717, 1.165) is 0 Å². The normalized spacial score (nSPS) is 23.4. The van der Waals surface area contributed by atoms with Crippen LogP contribution in [0.15, 0.2) is 41.9 Å². The molecule has 2 aliphatic rings. The number of rotatable bonds is 6. The number of carbonyl (C=O) groups is 3. The van der Waals surface area contributed by atoms with Gasteiger partial charge >= 0.3 is 5.97 Å². The fourth-order valence-electron chi connectivity index (χ4n) is 3.90. The van der Waals surface area contributed by atoms with Gasteiger partial charge in [0.15, 0.2) is 5.78 Å². The third kappa shape index (κ3) is 3.51. The molecule has 1 N–H and O–H groups in total. The molecule has 0 fully saturated rings.